The van der Waals surface area contributed by atoms with Crippen LogP contribution in [0.5, 0.6) is 0 Å². The molecule has 1 heterocycles. The minimum atomic E-state index is -0.475. The van der Waals surface area contributed by atoms with Crippen LogP contribution in [-0.4, -0.2) is 15.1 Å². The number of benzene rings is 1. The second-order valence-electron chi connectivity index (χ2n) is 8.03. The van der Waals surface area contributed by atoms with Gasteiger partial charge in [0.2, 0.25) is 0 Å². The van der Waals surface area contributed by atoms with Crippen LogP contribution in [0.15, 0.2) is 36.4 Å². The first-order valence-corrected chi connectivity index (χ1v) is 11.6. The van der Waals surface area contributed by atoms with E-state index in [4.69, 9.17) is 0 Å². The van der Waals surface area contributed by atoms with Gasteiger partial charge in [-0.3, -0.25) is 0 Å². The topological polar surface area (TPSA) is 48.9 Å². The van der Waals surface area contributed by atoms with Gasteiger partial charge in [0.05, 0.1) is 11.0 Å². The average molecular weight is 385 g/mol. The predicted octanol–water partition coefficient (Wildman–Crippen LogP) is 7.63. The minimum absolute atomic E-state index is 0.475. The number of imidazole rings is 1. The predicted molar refractivity (Wildman–Crippen MR) is 121 cm³/mol. The summed E-state index contributed by atoms with van der Waals surface area (Å²) in [4.78, 5) is 7.72. The molecule has 1 aromatic carbocycles. The van der Waals surface area contributed by atoms with Gasteiger partial charge >= 0.3 is 0 Å². The smallest absolute Gasteiger partial charge is 0.136 e. The van der Waals surface area contributed by atoms with Crippen molar-refractivity contribution in [1.82, 2.24) is 9.97 Å². The second kappa shape index (κ2) is 14.4. The van der Waals surface area contributed by atoms with Gasteiger partial charge in [-0.1, -0.05) is 89.0 Å². The molecule has 0 spiro atoms. The Labute approximate surface area is 171 Å². The highest BCUT2D eigenvalue weighted by Gasteiger charge is 2.11. The average Bonchev–Trinajstić information content (AvgIpc) is 3.15. The Morgan fingerprint density at radius 3 is 2.14 bits per heavy atom. The maximum atomic E-state index is 10.3. The lowest BCUT2D eigenvalue weighted by molar-refractivity contribution is 0.155. The summed E-state index contributed by atoms with van der Waals surface area (Å²) in [5, 5.41) is 10.3. The molecule has 0 bridgehead atoms. The Morgan fingerprint density at radius 2 is 1.46 bits per heavy atom. The highest BCUT2D eigenvalue weighted by molar-refractivity contribution is 5.74. The molecule has 0 aliphatic carbocycles. The van der Waals surface area contributed by atoms with E-state index in [-0.39, 0.29) is 0 Å². The molecule has 0 amide bonds. The van der Waals surface area contributed by atoms with Gasteiger partial charge in [0.25, 0.3) is 0 Å². The number of allylic oxidation sites excluding steroid dienone is 2. The third-order valence-electron chi connectivity index (χ3n) is 5.46. The molecule has 1 aromatic heterocycles. The molecule has 0 saturated heterocycles. The Bertz CT molecular complexity index is 628. The molecule has 1 atom stereocenters. The quantitative estimate of drug-likeness (QED) is 0.231. The van der Waals surface area contributed by atoms with Gasteiger partial charge in [0, 0.05) is 0 Å². The standard InChI is InChI=1S/C25H40N2O/c1-2-3-4-5-6-7-8-9-10-11-12-13-14-15-16-21-24(28)25-26-22-19-17-18-20-23(22)27-25/h9-10,17-20,24,28H,2-8,11-16,21H2,1H3,(H,26,27)/b10-9-. The van der Waals surface area contributed by atoms with Crippen molar-refractivity contribution in [2.75, 3.05) is 0 Å². The van der Waals surface area contributed by atoms with Crippen LogP contribution in [0.25, 0.3) is 11.0 Å². The summed E-state index contributed by atoms with van der Waals surface area (Å²) >= 11 is 0. The molecule has 1 unspecified atom stereocenters. The lowest BCUT2D eigenvalue weighted by Crippen LogP contribution is -1.99. The van der Waals surface area contributed by atoms with E-state index in [1.54, 1.807) is 0 Å². The maximum Gasteiger partial charge on any atom is 0.136 e. The number of aromatic nitrogens is 2. The van der Waals surface area contributed by atoms with Gasteiger partial charge in [0.15, 0.2) is 0 Å². The monoisotopic (exact) mass is 384 g/mol. The first-order chi connectivity index (χ1) is 13.8. The van der Waals surface area contributed by atoms with Crippen molar-refractivity contribution in [2.24, 2.45) is 0 Å². The third-order valence-corrected chi connectivity index (χ3v) is 5.46. The molecule has 28 heavy (non-hydrogen) atoms. The number of nitrogens with zero attached hydrogens (tertiary/aromatic N) is 1. The number of unbranched alkanes of at least 4 members (excludes halogenated alkanes) is 11. The fourth-order valence-electron chi connectivity index (χ4n) is 3.68. The normalized spacial score (nSPS) is 12.9. The highest BCUT2D eigenvalue weighted by atomic mass is 16.3. The maximum absolute atomic E-state index is 10.3. The van der Waals surface area contributed by atoms with Gasteiger partial charge in [0.1, 0.15) is 11.9 Å². The summed E-state index contributed by atoms with van der Waals surface area (Å²) in [7, 11) is 0. The fraction of sp³-hybridized carbons (Fsp3) is 0.640. The van der Waals surface area contributed by atoms with Crippen LogP contribution in [0.1, 0.15) is 109 Å². The highest BCUT2D eigenvalue weighted by Crippen LogP contribution is 2.21. The van der Waals surface area contributed by atoms with Crippen molar-refractivity contribution < 1.29 is 5.11 Å². The van der Waals surface area contributed by atoms with E-state index in [1.165, 1.54) is 77.0 Å². The van der Waals surface area contributed by atoms with Crippen LogP contribution in [0.3, 0.4) is 0 Å². The van der Waals surface area contributed by atoms with Crippen molar-refractivity contribution >= 4 is 11.0 Å². The summed E-state index contributed by atoms with van der Waals surface area (Å²) < 4.78 is 0. The van der Waals surface area contributed by atoms with Crippen molar-refractivity contribution in [3.63, 3.8) is 0 Å². The van der Waals surface area contributed by atoms with Crippen molar-refractivity contribution in [3.05, 3.63) is 42.2 Å². The number of aromatic amines is 1. The lowest BCUT2D eigenvalue weighted by atomic mass is 10.1. The molecule has 0 aliphatic rings. The lowest BCUT2D eigenvalue weighted by Gasteiger charge is -2.07. The van der Waals surface area contributed by atoms with Crippen molar-refractivity contribution in [2.45, 2.75) is 103 Å². The number of nitrogens with one attached hydrogen (secondary N) is 1. The van der Waals surface area contributed by atoms with Crippen LogP contribution in [0.2, 0.25) is 0 Å². The van der Waals surface area contributed by atoms with Crippen molar-refractivity contribution in [3.8, 4) is 0 Å². The molecule has 3 heteroatoms. The number of hydrogen-bond donors (Lipinski definition) is 2. The van der Waals surface area contributed by atoms with Crippen LogP contribution in [0.4, 0.5) is 0 Å². The van der Waals surface area contributed by atoms with Gasteiger partial charge in [-0.05, 0) is 44.2 Å². The van der Waals surface area contributed by atoms with Crippen LogP contribution in [0, 0.1) is 0 Å². The van der Waals surface area contributed by atoms with E-state index >= 15 is 0 Å². The summed E-state index contributed by atoms with van der Waals surface area (Å²) in [5.41, 5.74) is 1.93. The zero-order chi connectivity index (χ0) is 19.9. The van der Waals surface area contributed by atoms with Gasteiger partial charge < -0.3 is 10.1 Å². The second-order valence-corrected chi connectivity index (χ2v) is 8.03. The Morgan fingerprint density at radius 1 is 0.857 bits per heavy atom. The molecule has 3 nitrogen and oxygen atoms in total. The fourth-order valence-corrected chi connectivity index (χ4v) is 3.68. The third kappa shape index (κ3) is 9.05. The molecule has 2 aromatic rings. The van der Waals surface area contributed by atoms with E-state index in [2.05, 4.69) is 29.0 Å². The summed E-state index contributed by atoms with van der Waals surface area (Å²) in [6.07, 6.45) is 21.9. The van der Waals surface area contributed by atoms with Crippen LogP contribution < -0.4 is 0 Å². The molecule has 2 rings (SSSR count). The van der Waals surface area contributed by atoms with E-state index < -0.39 is 6.10 Å². The number of aliphatic hydroxyl groups excluding tert-OH is 1. The summed E-state index contributed by atoms with van der Waals surface area (Å²) in [5.74, 6) is 0.705. The summed E-state index contributed by atoms with van der Waals surface area (Å²) in [6.45, 7) is 2.27. The molecular weight excluding hydrogens is 344 g/mol. The molecule has 156 valence electrons. The van der Waals surface area contributed by atoms with Gasteiger partial charge in [-0.25, -0.2) is 4.98 Å². The largest absolute Gasteiger partial charge is 0.385 e. The number of hydrogen-bond acceptors (Lipinski definition) is 2. The Balaban J connectivity index is 1.41. The SMILES string of the molecule is CCCCCCCC/C=C\CCCCCCCC(O)c1nc2ccccc2[nH]1. The Hall–Kier alpha value is -1.61. The summed E-state index contributed by atoms with van der Waals surface area (Å²) in [6, 6.07) is 7.94. The first-order valence-electron chi connectivity index (χ1n) is 11.6. The van der Waals surface area contributed by atoms with Gasteiger partial charge in [-0.2, -0.15) is 0 Å². The number of aliphatic hydroxyl groups is 1. The van der Waals surface area contributed by atoms with Crippen LogP contribution in [-0.2, 0) is 0 Å². The van der Waals surface area contributed by atoms with E-state index in [0.717, 1.165) is 23.9 Å². The zero-order valence-corrected chi connectivity index (χ0v) is 17.8. The molecule has 0 radical (unpaired) electrons. The van der Waals surface area contributed by atoms with Crippen molar-refractivity contribution in [1.29, 1.82) is 0 Å². The molecule has 0 fully saturated rings. The number of fused-ring (bicyclic) bond motifs is 1. The van der Waals surface area contributed by atoms with Gasteiger partial charge in [-0.15, -0.1) is 0 Å². The number of para-hydroxylation sites is 2. The number of rotatable bonds is 16. The molecule has 0 saturated carbocycles. The molecule has 2 N–H and O–H groups in total. The van der Waals surface area contributed by atoms with E-state index in [1.807, 2.05) is 24.3 Å². The van der Waals surface area contributed by atoms with E-state index in [9.17, 15) is 5.11 Å². The minimum Gasteiger partial charge on any atom is -0.385 e. The number of H-pyrrole nitrogens is 1. The molecular formula is C25H40N2O. The Kier molecular flexibility index (Phi) is 11.7. The first kappa shape index (κ1) is 22.7. The van der Waals surface area contributed by atoms with E-state index in [0.29, 0.717) is 5.82 Å². The molecule has 0 aliphatic heterocycles. The zero-order valence-electron chi connectivity index (χ0n) is 17.8. The van der Waals surface area contributed by atoms with Crippen LogP contribution >= 0.6 is 0 Å².